The number of rotatable bonds is 9. The van der Waals surface area contributed by atoms with Crippen molar-refractivity contribution in [3.63, 3.8) is 0 Å². The number of hydrogen-bond donors (Lipinski definition) is 1. The fraction of sp³-hybridized carbons (Fsp3) is 0.261. The monoisotopic (exact) mass is 439 g/mol. The van der Waals surface area contributed by atoms with E-state index in [2.05, 4.69) is 9.97 Å². The van der Waals surface area contributed by atoms with E-state index in [1.807, 2.05) is 22.9 Å². The number of carboxylic acid groups (broad SMARTS) is 1. The van der Waals surface area contributed by atoms with E-state index in [4.69, 9.17) is 4.74 Å². The molecule has 1 aliphatic rings. The lowest BCUT2D eigenvalue weighted by molar-refractivity contribution is -0.155. The summed E-state index contributed by atoms with van der Waals surface area (Å²) in [4.78, 5) is 21.2. The molecule has 0 radical (unpaired) electrons. The number of thiazole rings is 1. The molecule has 1 aliphatic carbocycles. The standard InChI is InChI=1S/C23H22FN3O3S/c24-19-5-3-18(4-6-19)7-10-22(30-15-14-27-13-11-25-17-27)8-1-2-9-23(22,21(28)29)20-26-12-16-31-20/h1-6,8-9,11-13,16-17H,7,10,14-15H2,(H,28,29). The molecule has 2 atom stereocenters. The molecule has 4 rings (SSSR count). The van der Waals surface area contributed by atoms with Gasteiger partial charge in [-0.05, 0) is 30.5 Å². The van der Waals surface area contributed by atoms with Crippen molar-refractivity contribution >= 4 is 17.3 Å². The van der Waals surface area contributed by atoms with Crippen molar-refractivity contribution in [1.82, 2.24) is 14.5 Å². The van der Waals surface area contributed by atoms with Crippen molar-refractivity contribution in [3.05, 3.63) is 95.3 Å². The molecule has 0 fully saturated rings. The molecule has 1 aromatic carbocycles. The van der Waals surface area contributed by atoms with Gasteiger partial charge in [0.1, 0.15) is 16.4 Å². The minimum Gasteiger partial charge on any atom is -0.480 e. The second kappa shape index (κ2) is 8.95. The van der Waals surface area contributed by atoms with Crippen molar-refractivity contribution < 1.29 is 19.0 Å². The first kappa shape index (κ1) is 21.1. The van der Waals surface area contributed by atoms with E-state index >= 15 is 0 Å². The SMILES string of the molecule is O=C(O)C1(c2nccs2)C=CC=CC1(CCc1ccc(F)cc1)OCCn1ccnc1. The van der Waals surface area contributed by atoms with Crippen LogP contribution in [0.2, 0.25) is 0 Å². The molecular formula is C23H22FN3O3S. The first-order valence-electron chi connectivity index (χ1n) is 9.90. The van der Waals surface area contributed by atoms with E-state index in [0.29, 0.717) is 31.0 Å². The molecule has 2 unspecified atom stereocenters. The van der Waals surface area contributed by atoms with Crippen LogP contribution in [0, 0.1) is 5.82 Å². The van der Waals surface area contributed by atoms with Gasteiger partial charge in [0.15, 0.2) is 5.41 Å². The first-order valence-corrected chi connectivity index (χ1v) is 10.8. The zero-order valence-electron chi connectivity index (χ0n) is 16.7. The van der Waals surface area contributed by atoms with Crippen molar-refractivity contribution in [2.24, 2.45) is 0 Å². The summed E-state index contributed by atoms with van der Waals surface area (Å²) in [6.45, 7) is 0.821. The van der Waals surface area contributed by atoms with Gasteiger partial charge in [0.2, 0.25) is 0 Å². The maximum absolute atomic E-state index is 13.3. The molecule has 0 amide bonds. The second-order valence-electron chi connectivity index (χ2n) is 7.33. The van der Waals surface area contributed by atoms with E-state index in [-0.39, 0.29) is 5.82 Å². The van der Waals surface area contributed by atoms with E-state index in [9.17, 15) is 14.3 Å². The van der Waals surface area contributed by atoms with Crippen LogP contribution in [0.3, 0.4) is 0 Å². The Bertz CT molecular complexity index is 1060. The third kappa shape index (κ3) is 4.08. The van der Waals surface area contributed by atoms with Crippen LogP contribution in [0.15, 0.2) is 78.9 Å². The molecular weight excluding hydrogens is 417 g/mol. The molecule has 1 N–H and O–H groups in total. The van der Waals surface area contributed by atoms with Gasteiger partial charge in [0.05, 0.1) is 12.9 Å². The summed E-state index contributed by atoms with van der Waals surface area (Å²) in [6.07, 6.45) is 14.7. The topological polar surface area (TPSA) is 77.2 Å². The molecule has 160 valence electrons. The number of imidazole rings is 1. The molecule has 2 heterocycles. The van der Waals surface area contributed by atoms with Gasteiger partial charge in [0.25, 0.3) is 0 Å². The van der Waals surface area contributed by atoms with Crippen molar-refractivity contribution in [2.45, 2.75) is 30.4 Å². The highest BCUT2D eigenvalue weighted by Gasteiger charge is 2.58. The predicted molar refractivity (Wildman–Crippen MR) is 115 cm³/mol. The molecule has 31 heavy (non-hydrogen) atoms. The summed E-state index contributed by atoms with van der Waals surface area (Å²) in [5, 5.41) is 12.7. The number of nitrogens with zero attached hydrogens (tertiary/aromatic N) is 3. The molecule has 6 nitrogen and oxygen atoms in total. The van der Waals surface area contributed by atoms with E-state index in [1.165, 1.54) is 23.5 Å². The Morgan fingerprint density at radius 2 is 2.00 bits per heavy atom. The Labute approximate surface area is 183 Å². The van der Waals surface area contributed by atoms with Gasteiger partial charge in [-0.25, -0.2) is 14.4 Å². The van der Waals surface area contributed by atoms with Crippen LogP contribution in [0.5, 0.6) is 0 Å². The quantitative estimate of drug-likeness (QED) is 0.545. The summed E-state index contributed by atoms with van der Waals surface area (Å²) in [6, 6.07) is 6.24. The number of aromatic nitrogens is 3. The van der Waals surface area contributed by atoms with E-state index in [1.54, 1.807) is 48.4 Å². The number of carboxylic acids is 1. The van der Waals surface area contributed by atoms with Crippen LogP contribution >= 0.6 is 11.3 Å². The Kier molecular flexibility index (Phi) is 6.11. The number of carbonyl (C=O) groups is 1. The molecule has 0 aliphatic heterocycles. The Hall–Kier alpha value is -3.10. The normalized spacial score (nSPS) is 22.6. The third-order valence-electron chi connectivity index (χ3n) is 5.56. The zero-order chi connectivity index (χ0) is 21.7. The Morgan fingerprint density at radius 1 is 1.19 bits per heavy atom. The van der Waals surface area contributed by atoms with Crippen LogP contribution in [-0.4, -0.2) is 37.8 Å². The van der Waals surface area contributed by atoms with Crippen molar-refractivity contribution in [3.8, 4) is 0 Å². The zero-order valence-corrected chi connectivity index (χ0v) is 17.5. The fourth-order valence-corrected chi connectivity index (χ4v) is 4.83. The molecule has 0 bridgehead atoms. The van der Waals surface area contributed by atoms with Crippen LogP contribution in [0.25, 0.3) is 0 Å². The average molecular weight is 440 g/mol. The summed E-state index contributed by atoms with van der Waals surface area (Å²) in [7, 11) is 0. The maximum atomic E-state index is 13.3. The lowest BCUT2D eigenvalue weighted by atomic mass is 9.66. The molecule has 2 aromatic heterocycles. The summed E-state index contributed by atoms with van der Waals surface area (Å²) >= 11 is 1.29. The number of aryl methyl sites for hydroxylation is 1. The maximum Gasteiger partial charge on any atom is 0.323 e. The molecule has 0 saturated heterocycles. The van der Waals surface area contributed by atoms with Gasteiger partial charge in [-0.15, -0.1) is 11.3 Å². The van der Waals surface area contributed by atoms with Gasteiger partial charge in [-0.1, -0.05) is 36.4 Å². The average Bonchev–Trinajstić information content (AvgIpc) is 3.48. The minimum atomic E-state index is -1.47. The highest BCUT2D eigenvalue weighted by atomic mass is 32.1. The molecule has 0 saturated carbocycles. The van der Waals surface area contributed by atoms with Crippen LogP contribution in [-0.2, 0) is 27.9 Å². The minimum absolute atomic E-state index is 0.290. The lowest BCUT2D eigenvalue weighted by Gasteiger charge is -2.44. The highest BCUT2D eigenvalue weighted by molar-refractivity contribution is 7.09. The van der Waals surface area contributed by atoms with Gasteiger partial charge in [-0.2, -0.15) is 0 Å². The summed E-state index contributed by atoms with van der Waals surface area (Å²) in [5.41, 5.74) is -1.73. The van der Waals surface area contributed by atoms with Gasteiger partial charge < -0.3 is 14.4 Å². The van der Waals surface area contributed by atoms with Crippen LogP contribution in [0.4, 0.5) is 4.39 Å². The summed E-state index contributed by atoms with van der Waals surface area (Å²) in [5.74, 6) is -1.33. The molecule has 0 spiro atoms. The molecule has 8 heteroatoms. The number of ether oxygens (including phenoxy) is 1. The van der Waals surface area contributed by atoms with Crippen molar-refractivity contribution in [2.75, 3.05) is 6.61 Å². The smallest absolute Gasteiger partial charge is 0.323 e. The number of aliphatic carboxylic acids is 1. The Morgan fingerprint density at radius 3 is 2.68 bits per heavy atom. The van der Waals surface area contributed by atoms with Gasteiger partial charge >= 0.3 is 5.97 Å². The van der Waals surface area contributed by atoms with E-state index in [0.717, 1.165) is 5.56 Å². The van der Waals surface area contributed by atoms with Gasteiger partial charge in [0, 0.05) is 30.5 Å². The number of hydrogen-bond acceptors (Lipinski definition) is 5. The number of allylic oxidation sites excluding steroid dienone is 2. The Balaban J connectivity index is 1.69. The third-order valence-corrected chi connectivity index (χ3v) is 6.47. The fourth-order valence-electron chi connectivity index (χ4n) is 3.95. The van der Waals surface area contributed by atoms with Crippen LogP contribution in [0.1, 0.15) is 17.0 Å². The second-order valence-corrected chi connectivity index (χ2v) is 8.23. The predicted octanol–water partition coefficient (Wildman–Crippen LogP) is 4.02. The highest BCUT2D eigenvalue weighted by Crippen LogP contribution is 2.46. The number of halogens is 1. The van der Waals surface area contributed by atoms with E-state index < -0.39 is 17.0 Å². The van der Waals surface area contributed by atoms with Crippen molar-refractivity contribution in [1.29, 1.82) is 0 Å². The number of benzene rings is 1. The molecule has 3 aromatic rings. The first-order chi connectivity index (χ1) is 15.1. The largest absolute Gasteiger partial charge is 0.480 e. The van der Waals surface area contributed by atoms with Crippen LogP contribution < -0.4 is 0 Å². The lowest BCUT2D eigenvalue weighted by Crippen LogP contribution is -2.57. The summed E-state index contributed by atoms with van der Waals surface area (Å²) < 4.78 is 21.6. The van der Waals surface area contributed by atoms with Gasteiger partial charge in [-0.3, -0.25) is 4.79 Å².